The second kappa shape index (κ2) is 11.2. The SMILES string of the molecule is CCOCCN1CCN(C(=N)C2C=CC=C(C3=Cc4c(-c5ccccc5OC)c[nH]c4NC3)C2)CC1. The molecule has 0 spiro atoms. The number of rotatable bonds is 8. The fourth-order valence-corrected chi connectivity index (χ4v) is 5.33. The molecule has 1 fully saturated rings. The van der Waals surface area contributed by atoms with Crippen LogP contribution in [-0.4, -0.2) is 80.2 Å². The Kier molecular flexibility index (Phi) is 7.58. The number of piperazine rings is 1. The highest BCUT2D eigenvalue weighted by atomic mass is 16.5. The van der Waals surface area contributed by atoms with Crippen LogP contribution in [0.3, 0.4) is 0 Å². The molecule has 0 radical (unpaired) electrons. The predicted molar refractivity (Wildman–Crippen MR) is 147 cm³/mol. The predicted octanol–water partition coefficient (Wildman–Crippen LogP) is 4.63. The van der Waals surface area contributed by atoms with Crippen molar-refractivity contribution in [2.45, 2.75) is 13.3 Å². The second-order valence-corrected chi connectivity index (χ2v) is 9.51. The number of ether oxygens (including phenoxy) is 2. The lowest BCUT2D eigenvalue weighted by Crippen LogP contribution is -2.50. The van der Waals surface area contributed by atoms with Gasteiger partial charge in [0.1, 0.15) is 17.4 Å². The first-order chi connectivity index (χ1) is 17.7. The minimum Gasteiger partial charge on any atom is -0.496 e. The van der Waals surface area contributed by atoms with E-state index in [1.807, 2.05) is 25.1 Å². The van der Waals surface area contributed by atoms with Gasteiger partial charge in [-0.15, -0.1) is 0 Å². The zero-order chi connectivity index (χ0) is 24.9. The molecule has 7 heteroatoms. The number of amidine groups is 1. The summed E-state index contributed by atoms with van der Waals surface area (Å²) in [6.45, 7) is 9.15. The molecule has 1 unspecified atom stereocenters. The molecule has 2 aliphatic heterocycles. The summed E-state index contributed by atoms with van der Waals surface area (Å²) in [6.07, 6.45) is 11.7. The topological polar surface area (TPSA) is 76.6 Å². The molecule has 0 amide bonds. The molecule has 3 heterocycles. The average molecular weight is 488 g/mol. The van der Waals surface area contributed by atoms with E-state index in [0.29, 0.717) is 0 Å². The maximum Gasteiger partial charge on any atom is 0.126 e. The van der Waals surface area contributed by atoms with Gasteiger partial charge < -0.3 is 24.7 Å². The number of benzene rings is 1. The molecule has 7 nitrogen and oxygen atoms in total. The third-order valence-electron chi connectivity index (χ3n) is 7.40. The number of hydrogen-bond acceptors (Lipinski definition) is 5. The Morgan fingerprint density at radius 1 is 1.11 bits per heavy atom. The molecule has 1 aromatic carbocycles. The molecule has 3 N–H and O–H groups in total. The van der Waals surface area contributed by atoms with Gasteiger partial charge in [0, 0.05) is 74.7 Å². The van der Waals surface area contributed by atoms with E-state index in [1.54, 1.807) is 7.11 Å². The molecule has 1 aliphatic carbocycles. The first-order valence-electron chi connectivity index (χ1n) is 13.0. The number of methoxy groups -OCH3 is 1. The number of H-pyrrole nitrogens is 1. The summed E-state index contributed by atoms with van der Waals surface area (Å²) in [4.78, 5) is 8.09. The molecule has 1 saturated heterocycles. The fraction of sp³-hybridized carbons (Fsp3) is 0.414. The number of nitrogens with one attached hydrogen (secondary N) is 3. The van der Waals surface area contributed by atoms with Gasteiger partial charge >= 0.3 is 0 Å². The van der Waals surface area contributed by atoms with E-state index in [2.05, 4.69) is 56.7 Å². The molecule has 5 rings (SSSR count). The molecule has 1 aromatic heterocycles. The quantitative estimate of drug-likeness (QED) is 0.287. The van der Waals surface area contributed by atoms with Gasteiger partial charge in [0.15, 0.2) is 0 Å². The summed E-state index contributed by atoms with van der Waals surface area (Å²) in [5, 5.41) is 12.5. The lowest BCUT2D eigenvalue weighted by molar-refractivity contribution is 0.0952. The van der Waals surface area contributed by atoms with Crippen LogP contribution in [0.1, 0.15) is 18.9 Å². The largest absolute Gasteiger partial charge is 0.496 e. The van der Waals surface area contributed by atoms with Gasteiger partial charge in [-0.25, -0.2) is 0 Å². The highest BCUT2D eigenvalue weighted by Crippen LogP contribution is 2.39. The molecule has 1 atom stereocenters. The lowest BCUT2D eigenvalue weighted by atomic mass is 9.86. The molecule has 0 bridgehead atoms. The van der Waals surface area contributed by atoms with Gasteiger partial charge in [-0.1, -0.05) is 36.4 Å². The molecular formula is C29H37N5O2. The van der Waals surface area contributed by atoms with Gasteiger partial charge in [-0.3, -0.25) is 10.3 Å². The van der Waals surface area contributed by atoms with Gasteiger partial charge in [0.25, 0.3) is 0 Å². The van der Waals surface area contributed by atoms with E-state index in [1.165, 1.54) is 11.1 Å². The zero-order valence-corrected chi connectivity index (χ0v) is 21.3. The van der Waals surface area contributed by atoms with E-state index in [4.69, 9.17) is 14.9 Å². The average Bonchev–Trinajstić information content (AvgIpc) is 3.36. The lowest BCUT2D eigenvalue weighted by Gasteiger charge is -2.38. The fourth-order valence-electron chi connectivity index (χ4n) is 5.33. The Hall–Kier alpha value is -3.29. The number of aromatic nitrogens is 1. The van der Waals surface area contributed by atoms with E-state index >= 15 is 0 Å². The van der Waals surface area contributed by atoms with E-state index in [9.17, 15) is 0 Å². The molecule has 2 aromatic rings. The summed E-state index contributed by atoms with van der Waals surface area (Å²) in [6, 6.07) is 8.14. The van der Waals surface area contributed by atoms with Crippen LogP contribution in [0.15, 0.2) is 59.8 Å². The summed E-state index contributed by atoms with van der Waals surface area (Å²) in [7, 11) is 1.71. The van der Waals surface area contributed by atoms with Crippen molar-refractivity contribution in [3.63, 3.8) is 0 Å². The molecule has 0 saturated carbocycles. The summed E-state index contributed by atoms with van der Waals surface area (Å²) < 4.78 is 11.1. The summed E-state index contributed by atoms with van der Waals surface area (Å²) in [5.74, 6) is 2.76. The molecule has 3 aliphatic rings. The smallest absolute Gasteiger partial charge is 0.126 e. The molecule has 36 heavy (non-hydrogen) atoms. The van der Waals surface area contributed by atoms with Crippen molar-refractivity contribution in [1.82, 2.24) is 14.8 Å². The maximum atomic E-state index is 8.95. The van der Waals surface area contributed by atoms with Crippen molar-refractivity contribution >= 4 is 17.7 Å². The second-order valence-electron chi connectivity index (χ2n) is 9.51. The van der Waals surface area contributed by atoms with Crippen LogP contribution < -0.4 is 10.1 Å². The molecule has 190 valence electrons. The van der Waals surface area contributed by atoms with Crippen molar-refractivity contribution in [3.8, 4) is 16.9 Å². The summed E-state index contributed by atoms with van der Waals surface area (Å²) in [5.41, 5.74) is 5.94. The Balaban J connectivity index is 1.26. The standard InChI is InChI=1S/C29H37N5O2/c1-3-36-16-15-33-11-13-34(14-12-33)28(30)22-8-6-7-21(17-22)23-18-25-26(20-32-29(25)31-19-23)24-9-4-5-10-27(24)35-2/h4-10,18,20,22,30-32H,3,11-17,19H2,1-2H3. The van der Waals surface area contributed by atoms with Crippen LogP contribution in [0.5, 0.6) is 5.75 Å². The van der Waals surface area contributed by atoms with Crippen molar-refractivity contribution in [2.24, 2.45) is 5.92 Å². The Morgan fingerprint density at radius 3 is 2.75 bits per heavy atom. The Morgan fingerprint density at radius 2 is 1.94 bits per heavy atom. The first-order valence-corrected chi connectivity index (χ1v) is 13.0. The normalized spacial score (nSPS) is 19.8. The highest BCUT2D eigenvalue weighted by molar-refractivity contribution is 5.88. The highest BCUT2D eigenvalue weighted by Gasteiger charge is 2.27. The molecular weight excluding hydrogens is 450 g/mol. The Bertz CT molecular complexity index is 1170. The van der Waals surface area contributed by atoms with Crippen LogP contribution in [0.4, 0.5) is 5.82 Å². The number of allylic oxidation sites excluding steroid dienone is 2. The van der Waals surface area contributed by atoms with Gasteiger partial charge in [0.2, 0.25) is 0 Å². The number of nitrogens with zero attached hydrogens (tertiary/aromatic N) is 2. The first kappa shape index (κ1) is 24.4. The van der Waals surface area contributed by atoms with Crippen molar-refractivity contribution in [1.29, 1.82) is 5.41 Å². The van der Waals surface area contributed by atoms with Crippen molar-refractivity contribution < 1.29 is 9.47 Å². The monoisotopic (exact) mass is 487 g/mol. The van der Waals surface area contributed by atoms with Gasteiger partial charge in [0.05, 0.1) is 13.7 Å². The van der Waals surface area contributed by atoms with E-state index < -0.39 is 0 Å². The number of para-hydroxylation sites is 1. The van der Waals surface area contributed by atoms with Crippen LogP contribution in [0.2, 0.25) is 0 Å². The number of aromatic amines is 1. The third-order valence-corrected chi connectivity index (χ3v) is 7.40. The number of anilines is 1. The number of fused-ring (bicyclic) bond motifs is 1. The third kappa shape index (κ3) is 5.13. The van der Waals surface area contributed by atoms with Crippen molar-refractivity contribution in [2.75, 3.05) is 64.9 Å². The minimum absolute atomic E-state index is 0.113. The van der Waals surface area contributed by atoms with Crippen LogP contribution in [0.25, 0.3) is 17.2 Å². The van der Waals surface area contributed by atoms with Crippen LogP contribution >= 0.6 is 0 Å². The van der Waals surface area contributed by atoms with Gasteiger partial charge in [-0.05, 0) is 36.6 Å². The van der Waals surface area contributed by atoms with Crippen molar-refractivity contribution in [3.05, 3.63) is 65.4 Å². The minimum atomic E-state index is 0.113. The van der Waals surface area contributed by atoms with E-state index in [-0.39, 0.29) is 5.92 Å². The zero-order valence-electron chi connectivity index (χ0n) is 21.3. The summed E-state index contributed by atoms with van der Waals surface area (Å²) >= 11 is 0. The van der Waals surface area contributed by atoms with Crippen LogP contribution in [-0.2, 0) is 4.74 Å². The van der Waals surface area contributed by atoms with Gasteiger partial charge in [-0.2, -0.15) is 0 Å². The van der Waals surface area contributed by atoms with Crippen LogP contribution in [0, 0.1) is 11.3 Å². The maximum absolute atomic E-state index is 8.95. The van der Waals surface area contributed by atoms with E-state index in [0.717, 1.165) is 93.0 Å². The Labute approximate surface area is 214 Å². The number of hydrogen-bond donors (Lipinski definition) is 3.